The van der Waals surface area contributed by atoms with E-state index in [-0.39, 0.29) is 19.2 Å². The molecule has 0 aromatic rings. The Hall–Kier alpha value is -0.720. The first-order valence-electron chi connectivity index (χ1n) is 17.0. The molecule has 0 fully saturated rings. The molecule has 0 aromatic heterocycles. The van der Waals surface area contributed by atoms with Gasteiger partial charge >= 0.3 is 13.8 Å². The summed E-state index contributed by atoms with van der Waals surface area (Å²) in [7, 11) is -4.64. The van der Waals surface area contributed by atoms with Crippen LogP contribution in [0.25, 0.3) is 0 Å². The molecular weight excluding hydrogens is 539 g/mol. The Balaban J connectivity index is 3.84. The third kappa shape index (κ3) is 33.6. The highest BCUT2D eigenvalue weighted by Gasteiger charge is 2.21. The third-order valence-corrected chi connectivity index (χ3v) is 7.80. The summed E-state index contributed by atoms with van der Waals surface area (Å²) >= 11 is 0. The van der Waals surface area contributed by atoms with Crippen LogP contribution in [-0.4, -0.2) is 41.7 Å². The van der Waals surface area contributed by atoms with E-state index in [1.54, 1.807) is 0 Å². The van der Waals surface area contributed by atoms with Crippen LogP contribution in [0.15, 0.2) is 12.2 Å². The zero-order chi connectivity index (χ0) is 30.3. The van der Waals surface area contributed by atoms with Crippen LogP contribution in [0.4, 0.5) is 0 Å². The van der Waals surface area contributed by atoms with Gasteiger partial charge in [-0.15, -0.1) is 0 Å². The van der Waals surface area contributed by atoms with E-state index in [1.807, 2.05) is 0 Å². The number of unbranched alkanes of at least 4 members (excludes halogenated alkanes) is 20. The lowest BCUT2D eigenvalue weighted by Gasteiger charge is -2.18. The second-order valence-corrected chi connectivity index (χ2v) is 12.7. The van der Waals surface area contributed by atoms with Crippen molar-refractivity contribution in [2.45, 2.75) is 174 Å². The second-order valence-electron chi connectivity index (χ2n) is 11.5. The van der Waals surface area contributed by atoms with Gasteiger partial charge in [0, 0.05) is 13.0 Å². The molecule has 244 valence electrons. The monoisotopic (exact) mass is 604 g/mol. The molecule has 0 aliphatic heterocycles. The van der Waals surface area contributed by atoms with Gasteiger partial charge in [0.15, 0.2) is 0 Å². The van der Waals surface area contributed by atoms with E-state index in [2.05, 4.69) is 30.5 Å². The molecule has 0 spiro atoms. The van der Waals surface area contributed by atoms with Gasteiger partial charge in [0.2, 0.25) is 0 Å². The number of carbonyl (C=O) groups excluding carboxylic acids is 1. The van der Waals surface area contributed by atoms with Gasteiger partial charge < -0.3 is 19.3 Å². The lowest BCUT2D eigenvalue weighted by molar-refractivity contribution is -0.154. The number of phosphoric acid groups is 1. The van der Waals surface area contributed by atoms with E-state index >= 15 is 0 Å². The smallest absolute Gasteiger partial charge is 0.457 e. The van der Waals surface area contributed by atoms with Crippen molar-refractivity contribution in [2.24, 2.45) is 0 Å². The van der Waals surface area contributed by atoms with Crippen LogP contribution in [0.1, 0.15) is 168 Å². The highest BCUT2D eigenvalue weighted by molar-refractivity contribution is 7.46. The van der Waals surface area contributed by atoms with Crippen molar-refractivity contribution in [3.05, 3.63) is 12.2 Å². The van der Waals surface area contributed by atoms with E-state index < -0.39 is 13.9 Å². The predicted octanol–water partition coefficient (Wildman–Crippen LogP) is 9.98. The number of allylic oxidation sites excluding steroid dienone is 2. The molecule has 2 N–H and O–H groups in total. The van der Waals surface area contributed by atoms with Gasteiger partial charge in [-0.3, -0.25) is 9.32 Å². The molecule has 1 atom stereocenters. The quantitative estimate of drug-likeness (QED) is 0.0341. The van der Waals surface area contributed by atoms with Crippen LogP contribution in [0.5, 0.6) is 0 Å². The first-order valence-corrected chi connectivity index (χ1v) is 18.5. The molecule has 0 bridgehead atoms. The number of hydrogen-bond acceptors (Lipinski definition) is 5. The van der Waals surface area contributed by atoms with Crippen molar-refractivity contribution in [1.82, 2.24) is 0 Å². The molecule has 0 radical (unpaired) electrons. The van der Waals surface area contributed by atoms with Crippen LogP contribution in [0, 0.1) is 0 Å². The van der Waals surface area contributed by atoms with Crippen LogP contribution in [-0.2, 0) is 23.4 Å². The van der Waals surface area contributed by atoms with Crippen molar-refractivity contribution in [1.29, 1.82) is 0 Å². The minimum absolute atomic E-state index is 0.0793. The van der Waals surface area contributed by atoms with E-state index in [1.165, 1.54) is 103 Å². The third-order valence-electron chi connectivity index (χ3n) is 7.32. The lowest BCUT2D eigenvalue weighted by atomic mass is 10.0. The van der Waals surface area contributed by atoms with E-state index in [0.717, 1.165) is 44.9 Å². The van der Waals surface area contributed by atoms with Gasteiger partial charge in [0.05, 0.1) is 13.2 Å². The summed E-state index contributed by atoms with van der Waals surface area (Å²) in [6.45, 7) is 4.71. The molecule has 0 aliphatic rings. The van der Waals surface area contributed by atoms with Crippen molar-refractivity contribution in [3.8, 4) is 0 Å². The van der Waals surface area contributed by atoms with Crippen LogP contribution in [0.3, 0.4) is 0 Å². The molecular formula is C33H65O7P. The van der Waals surface area contributed by atoms with Crippen molar-refractivity contribution < 1.29 is 33.1 Å². The average Bonchev–Trinajstić information content (AvgIpc) is 2.93. The molecule has 0 aliphatic carbocycles. The van der Waals surface area contributed by atoms with Crippen LogP contribution >= 0.6 is 7.82 Å². The fraction of sp³-hybridized carbons (Fsp3) is 0.909. The standard InChI is InChI=1S/C33H65O7P/c1-3-5-7-9-11-13-15-16-17-19-21-23-25-27-29-38-30-32(31-39-41(35,36)37)40-33(34)28-26-24-22-20-18-14-12-10-8-6-4-2/h10,12,32H,3-9,11,13-31H2,1-2H3,(H2,35,36,37)/b12-10-/t32-/m1/s1. The summed E-state index contributed by atoms with van der Waals surface area (Å²) in [5, 5.41) is 0. The summed E-state index contributed by atoms with van der Waals surface area (Å²) in [5.74, 6) is -0.372. The topological polar surface area (TPSA) is 102 Å². The summed E-state index contributed by atoms with van der Waals surface area (Å²) in [5.41, 5.74) is 0. The zero-order valence-corrected chi connectivity index (χ0v) is 27.6. The Morgan fingerprint density at radius 2 is 1.10 bits per heavy atom. The number of carbonyl (C=O) groups is 1. The molecule has 7 nitrogen and oxygen atoms in total. The highest BCUT2D eigenvalue weighted by Crippen LogP contribution is 2.35. The maximum absolute atomic E-state index is 12.3. The summed E-state index contributed by atoms with van der Waals surface area (Å²) < 4.78 is 26.8. The molecule has 0 aromatic carbocycles. The Kier molecular flexibility index (Phi) is 30.2. The first-order chi connectivity index (χ1) is 19.9. The fourth-order valence-corrected chi connectivity index (χ4v) is 5.13. The molecule has 0 heterocycles. The summed E-state index contributed by atoms with van der Waals surface area (Å²) in [6.07, 6.45) is 32.0. The molecule has 0 rings (SSSR count). The average molecular weight is 605 g/mol. The van der Waals surface area contributed by atoms with E-state index in [4.69, 9.17) is 19.3 Å². The number of rotatable bonds is 32. The summed E-state index contributed by atoms with van der Waals surface area (Å²) in [4.78, 5) is 30.3. The van der Waals surface area contributed by atoms with Crippen LogP contribution in [0.2, 0.25) is 0 Å². The van der Waals surface area contributed by atoms with Gasteiger partial charge in [0.25, 0.3) is 0 Å². The lowest BCUT2D eigenvalue weighted by Crippen LogP contribution is -2.28. The molecule has 8 heteroatoms. The molecule has 0 saturated heterocycles. The largest absolute Gasteiger partial charge is 0.469 e. The molecule has 41 heavy (non-hydrogen) atoms. The minimum Gasteiger partial charge on any atom is -0.457 e. The number of ether oxygens (including phenoxy) is 2. The SMILES string of the molecule is CCCC/C=C\CCCCCCCC(=O)O[C@H](COCCCCCCCCCCCCCCCC)COP(=O)(O)O. The normalized spacial score (nSPS) is 12.8. The fourth-order valence-electron chi connectivity index (χ4n) is 4.77. The first kappa shape index (κ1) is 40.3. The van der Waals surface area contributed by atoms with Gasteiger partial charge in [-0.1, -0.05) is 142 Å². The Bertz CT molecular complexity index is 635. The van der Waals surface area contributed by atoms with E-state index in [9.17, 15) is 9.36 Å². The second kappa shape index (κ2) is 30.7. The number of phosphoric ester groups is 1. The van der Waals surface area contributed by atoms with Gasteiger partial charge in [-0.2, -0.15) is 0 Å². The number of hydrogen-bond donors (Lipinski definition) is 2. The Labute approximate surface area is 252 Å². The molecule has 0 unspecified atom stereocenters. The van der Waals surface area contributed by atoms with E-state index in [0.29, 0.717) is 13.0 Å². The maximum atomic E-state index is 12.3. The van der Waals surface area contributed by atoms with Gasteiger partial charge in [0.1, 0.15) is 6.10 Å². The van der Waals surface area contributed by atoms with Crippen molar-refractivity contribution in [2.75, 3.05) is 19.8 Å². The number of esters is 1. The summed E-state index contributed by atoms with van der Waals surface area (Å²) in [6, 6.07) is 0. The van der Waals surface area contributed by atoms with Crippen LogP contribution < -0.4 is 0 Å². The molecule has 0 amide bonds. The van der Waals surface area contributed by atoms with Crippen molar-refractivity contribution in [3.63, 3.8) is 0 Å². The van der Waals surface area contributed by atoms with Gasteiger partial charge in [-0.05, 0) is 32.1 Å². The highest BCUT2D eigenvalue weighted by atomic mass is 31.2. The predicted molar refractivity (Wildman–Crippen MR) is 170 cm³/mol. The maximum Gasteiger partial charge on any atom is 0.469 e. The van der Waals surface area contributed by atoms with Crippen molar-refractivity contribution >= 4 is 13.8 Å². The minimum atomic E-state index is -4.64. The molecule has 0 saturated carbocycles. The zero-order valence-electron chi connectivity index (χ0n) is 26.7. The Morgan fingerprint density at radius 1 is 0.634 bits per heavy atom. The van der Waals surface area contributed by atoms with Gasteiger partial charge in [-0.25, -0.2) is 4.57 Å². The Morgan fingerprint density at radius 3 is 1.63 bits per heavy atom.